The van der Waals surface area contributed by atoms with Gasteiger partial charge in [-0.15, -0.1) is 25.3 Å². The van der Waals surface area contributed by atoms with Gasteiger partial charge < -0.3 is 0 Å². The van der Waals surface area contributed by atoms with Crippen LogP contribution in [0.25, 0.3) is 10.8 Å². The molecule has 0 radical (unpaired) electrons. The summed E-state index contributed by atoms with van der Waals surface area (Å²) in [7, 11) is 0. The maximum atomic E-state index is 4.30. The van der Waals surface area contributed by atoms with Gasteiger partial charge in [0, 0.05) is 32.0 Å². The van der Waals surface area contributed by atoms with E-state index in [2.05, 4.69) is 73.2 Å². The second-order valence-corrected chi connectivity index (χ2v) is 7.40. The zero-order chi connectivity index (χ0) is 19.3. The number of benzene rings is 4. The highest BCUT2D eigenvalue weighted by Crippen LogP contribution is 2.18. The van der Waals surface area contributed by atoms with Crippen molar-refractivity contribution in [1.82, 2.24) is 0 Å². The molecule has 0 aliphatic carbocycles. The van der Waals surface area contributed by atoms with Crippen molar-refractivity contribution in [3.63, 3.8) is 0 Å². The molecule has 0 aliphatic rings. The Balaban J connectivity index is 1.58. The summed E-state index contributed by atoms with van der Waals surface area (Å²) in [5.74, 6) is 12.8. The first-order valence-corrected chi connectivity index (χ1v) is 9.71. The molecule has 4 rings (SSSR count). The molecule has 0 fully saturated rings. The zero-order valence-corrected chi connectivity index (χ0v) is 16.8. The summed E-state index contributed by atoms with van der Waals surface area (Å²) >= 11 is 8.59. The molecule has 0 unspecified atom stereocenters. The highest BCUT2D eigenvalue weighted by atomic mass is 32.1. The van der Waals surface area contributed by atoms with Gasteiger partial charge in [-0.25, -0.2) is 0 Å². The van der Waals surface area contributed by atoms with Crippen LogP contribution < -0.4 is 0 Å². The Hall–Kier alpha value is -3.04. The van der Waals surface area contributed by atoms with E-state index in [9.17, 15) is 0 Å². The van der Waals surface area contributed by atoms with Crippen molar-refractivity contribution in [3.8, 4) is 23.7 Å². The van der Waals surface area contributed by atoms with Gasteiger partial charge >= 0.3 is 0 Å². The van der Waals surface area contributed by atoms with E-state index in [1.807, 2.05) is 60.7 Å². The number of hydrogen-bond donors (Lipinski definition) is 2. The van der Waals surface area contributed by atoms with Crippen LogP contribution in [0.15, 0.2) is 94.7 Å². The SMILES string of the molecule is Sc1ccc(C#Cc2ccc3cc(C#Cc4ccc(S)cc4)ccc3c2)cc1. The molecule has 4 aromatic carbocycles. The van der Waals surface area contributed by atoms with Gasteiger partial charge in [-0.2, -0.15) is 0 Å². The molecule has 0 aromatic heterocycles. The van der Waals surface area contributed by atoms with Crippen LogP contribution in [0.4, 0.5) is 0 Å². The molecule has 132 valence electrons. The van der Waals surface area contributed by atoms with E-state index in [1.165, 1.54) is 0 Å². The first kappa shape index (κ1) is 18.3. The van der Waals surface area contributed by atoms with Gasteiger partial charge in [0.25, 0.3) is 0 Å². The van der Waals surface area contributed by atoms with E-state index in [1.54, 1.807) is 0 Å². The first-order valence-electron chi connectivity index (χ1n) is 8.82. The molecule has 0 atom stereocenters. The summed E-state index contributed by atoms with van der Waals surface area (Å²) in [6.45, 7) is 0. The summed E-state index contributed by atoms with van der Waals surface area (Å²) in [5, 5.41) is 2.31. The summed E-state index contributed by atoms with van der Waals surface area (Å²) < 4.78 is 0. The van der Waals surface area contributed by atoms with E-state index < -0.39 is 0 Å². The largest absolute Gasteiger partial charge is 0.143 e. The van der Waals surface area contributed by atoms with Crippen molar-refractivity contribution in [1.29, 1.82) is 0 Å². The van der Waals surface area contributed by atoms with E-state index in [0.29, 0.717) is 0 Å². The van der Waals surface area contributed by atoms with Crippen LogP contribution in [-0.2, 0) is 0 Å². The van der Waals surface area contributed by atoms with E-state index in [0.717, 1.165) is 42.8 Å². The highest BCUT2D eigenvalue weighted by molar-refractivity contribution is 7.80. The van der Waals surface area contributed by atoms with Crippen molar-refractivity contribution in [3.05, 3.63) is 107 Å². The van der Waals surface area contributed by atoms with Crippen molar-refractivity contribution < 1.29 is 0 Å². The molecule has 0 N–H and O–H groups in total. The predicted octanol–water partition coefficient (Wildman–Crippen LogP) is 6.22. The second kappa shape index (κ2) is 8.32. The van der Waals surface area contributed by atoms with Crippen molar-refractivity contribution in [2.45, 2.75) is 9.79 Å². The fourth-order valence-corrected chi connectivity index (χ4v) is 3.08. The van der Waals surface area contributed by atoms with Crippen molar-refractivity contribution >= 4 is 36.0 Å². The number of rotatable bonds is 0. The van der Waals surface area contributed by atoms with Crippen LogP contribution >= 0.6 is 25.3 Å². The van der Waals surface area contributed by atoms with Crippen LogP contribution in [0.1, 0.15) is 22.3 Å². The summed E-state index contributed by atoms with van der Waals surface area (Å²) in [5.41, 5.74) is 3.95. The molecule has 0 amide bonds. The van der Waals surface area contributed by atoms with E-state index in [4.69, 9.17) is 0 Å². The monoisotopic (exact) mass is 392 g/mol. The lowest BCUT2D eigenvalue weighted by atomic mass is 10.0. The van der Waals surface area contributed by atoms with Gasteiger partial charge in [-0.1, -0.05) is 35.8 Å². The Morgan fingerprint density at radius 2 is 0.714 bits per heavy atom. The molecule has 2 heteroatoms. The molecule has 0 aliphatic heterocycles. The number of hydrogen-bond acceptors (Lipinski definition) is 2. The van der Waals surface area contributed by atoms with Gasteiger partial charge in [-0.05, 0) is 83.6 Å². The second-order valence-electron chi connectivity index (χ2n) is 6.37. The molecule has 28 heavy (non-hydrogen) atoms. The van der Waals surface area contributed by atoms with E-state index >= 15 is 0 Å². The molecule has 0 saturated heterocycles. The molecular formula is C26H16S2. The van der Waals surface area contributed by atoms with Gasteiger partial charge in [0.15, 0.2) is 0 Å². The number of fused-ring (bicyclic) bond motifs is 1. The summed E-state index contributed by atoms with van der Waals surface area (Å²) in [4.78, 5) is 1.88. The maximum absolute atomic E-state index is 4.30. The van der Waals surface area contributed by atoms with Crippen LogP contribution in [0, 0.1) is 23.7 Å². The Morgan fingerprint density at radius 1 is 0.393 bits per heavy atom. The van der Waals surface area contributed by atoms with Crippen molar-refractivity contribution in [2.24, 2.45) is 0 Å². The topological polar surface area (TPSA) is 0 Å². The third kappa shape index (κ3) is 4.62. The minimum atomic E-state index is 0.939. The lowest BCUT2D eigenvalue weighted by molar-refractivity contribution is 1.46. The molecular weight excluding hydrogens is 376 g/mol. The Bertz CT molecular complexity index is 1160. The Morgan fingerprint density at radius 3 is 1.11 bits per heavy atom. The smallest absolute Gasteiger partial charge is 0.0255 e. The minimum absolute atomic E-state index is 0.939. The van der Waals surface area contributed by atoms with Gasteiger partial charge in [-0.3, -0.25) is 0 Å². The third-order valence-electron chi connectivity index (χ3n) is 4.28. The lowest BCUT2D eigenvalue weighted by Crippen LogP contribution is -1.81. The molecule has 0 saturated carbocycles. The van der Waals surface area contributed by atoms with Gasteiger partial charge in [0.1, 0.15) is 0 Å². The fraction of sp³-hybridized carbons (Fsp3) is 0. The molecule has 0 nitrogen and oxygen atoms in total. The average Bonchev–Trinajstić information content (AvgIpc) is 2.73. The Kier molecular flexibility index (Phi) is 5.45. The van der Waals surface area contributed by atoms with Crippen LogP contribution in [0.2, 0.25) is 0 Å². The lowest BCUT2D eigenvalue weighted by Gasteiger charge is -2.00. The predicted molar refractivity (Wildman–Crippen MR) is 123 cm³/mol. The summed E-state index contributed by atoms with van der Waals surface area (Å²) in [6.07, 6.45) is 0. The normalized spacial score (nSPS) is 9.93. The number of thiol groups is 2. The minimum Gasteiger partial charge on any atom is -0.143 e. The quantitative estimate of drug-likeness (QED) is 0.258. The molecule has 0 spiro atoms. The Labute approximate surface area is 176 Å². The van der Waals surface area contributed by atoms with E-state index in [-0.39, 0.29) is 0 Å². The molecule has 4 aromatic rings. The van der Waals surface area contributed by atoms with Crippen LogP contribution in [0.5, 0.6) is 0 Å². The van der Waals surface area contributed by atoms with Crippen LogP contribution in [0.3, 0.4) is 0 Å². The maximum Gasteiger partial charge on any atom is 0.0255 e. The fourth-order valence-electron chi connectivity index (χ4n) is 2.78. The van der Waals surface area contributed by atoms with Crippen molar-refractivity contribution in [2.75, 3.05) is 0 Å². The molecule has 0 heterocycles. The average molecular weight is 393 g/mol. The van der Waals surface area contributed by atoms with Gasteiger partial charge in [0.2, 0.25) is 0 Å². The van der Waals surface area contributed by atoms with Crippen LogP contribution in [-0.4, -0.2) is 0 Å². The summed E-state index contributed by atoms with van der Waals surface area (Å²) in [6, 6.07) is 28.2. The molecule has 0 bridgehead atoms. The van der Waals surface area contributed by atoms with Gasteiger partial charge in [0.05, 0.1) is 0 Å². The zero-order valence-electron chi connectivity index (χ0n) is 15.0. The highest BCUT2D eigenvalue weighted by Gasteiger charge is 1.97. The third-order valence-corrected chi connectivity index (χ3v) is 4.87. The first-order chi connectivity index (χ1) is 13.7. The standard InChI is InChI=1S/C26H16S2/c27-25-13-7-19(8-14-25)1-3-21-5-11-24-18-22(6-12-23(24)17-21)4-2-20-9-15-26(28)16-10-20/h5-18,27-28H.